The van der Waals surface area contributed by atoms with Crippen molar-refractivity contribution >= 4 is 0 Å². The minimum atomic E-state index is -1.16. The van der Waals surface area contributed by atoms with Crippen LogP contribution in [0.4, 0.5) is 0 Å². The second-order valence-corrected chi connectivity index (χ2v) is 8.08. The second kappa shape index (κ2) is 17.4. The molecule has 0 unspecified atom stereocenters. The van der Waals surface area contributed by atoms with Crippen LogP contribution in [0.5, 0.6) is 0 Å². The van der Waals surface area contributed by atoms with E-state index in [1.165, 1.54) is 70.6 Å². The van der Waals surface area contributed by atoms with Crippen LogP contribution < -0.4 is 0 Å². The van der Waals surface area contributed by atoms with Crippen LogP contribution in [0, 0.1) is 0 Å². The standard InChI is InChI=1S/C23H44O5/c1-2-3-4-5-6-7-8-9-10-11-12-13-14-15-16-17-27-19-21-23(26)22(25)20(24)18-28-21/h13-14,20-26H,2-12,15-19H2,1H3/b14-13+/t20-,21+,22+,23+/m1/s1. The van der Waals surface area contributed by atoms with Crippen molar-refractivity contribution < 1.29 is 24.8 Å². The number of aliphatic hydroxyl groups is 3. The van der Waals surface area contributed by atoms with E-state index in [1.807, 2.05) is 0 Å². The maximum atomic E-state index is 9.82. The van der Waals surface area contributed by atoms with Crippen molar-refractivity contribution in [3.8, 4) is 0 Å². The van der Waals surface area contributed by atoms with Gasteiger partial charge >= 0.3 is 0 Å². The van der Waals surface area contributed by atoms with Gasteiger partial charge in [0.05, 0.1) is 13.2 Å². The molecule has 1 saturated heterocycles. The third-order valence-electron chi connectivity index (χ3n) is 5.44. The van der Waals surface area contributed by atoms with E-state index in [-0.39, 0.29) is 13.2 Å². The first-order valence-corrected chi connectivity index (χ1v) is 11.5. The molecule has 0 aromatic rings. The number of rotatable bonds is 17. The Morgan fingerprint density at radius 2 is 1.36 bits per heavy atom. The zero-order chi connectivity index (χ0) is 20.5. The van der Waals surface area contributed by atoms with Crippen LogP contribution in [0.3, 0.4) is 0 Å². The molecule has 1 aliphatic heterocycles. The van der Waals surface area contributed by atoms with Crippen molar-refractivity contribution in [2.24, 2.45) is 0 Å². The summed E-state index contributed by atoms with van der Waals surface area (Å²) in [6.07, 6.45) is 17.5. The Morgan fingerprint density at radius 3 is 2.00 bits per heavy atom. The van der Waals surface area contributed by atoms with Gasteiger partial charge in [-0.25, -0.2) is 0 Å². The van der Waals surface area contributed by atoms with E-state index >= 15 is 0 Å². The molecule has 1 fully saturated rings. The first kappa shape index (κ1) is 25.6. The van der Waals surface area contributed by atoms with Gasteiger partial charge in [0.2, 0.25) is 0 Å². The maximum absolute atomic E-state index is 9.82. The molecular formula is C23H44O5. The van der Waals surface area contributed by atoms with E-state index in [0.29, 0.717) is 6.61 Å². The van der Waals surface area contributed by atoms with Gasteiger partial charge in [-0.15, -0.1) is 0 Å². The van der Waals surface area contributed by atoms with Crippen molar-refractivity contribution in [2.75, 3.05) is 19.8 Å². The maximum Gasteiger partial charge on any atom is 0.111 e. The van der Waals surface area contributed by atoms with Gasteiger partial charge in [0.25, 0.3) is 0 Å². The van der Waals surface area contributed by atoms with Crippen molar-refractivity contribution in [3.63, 3.8) is 0 Å². The van der Waals surface area contributed by atoms with Crippen molar-refractivity contribution in [1.29, 1.82) is 0 Å². The predicted octanol–water partition coefficient (Wildman–Crippen LogP) is 4.13. The van der Waals surface area contributed by atoms with E-state index < -0.39 is 24.4 Å². The summed E-state index contributed by atoms with van der Waals surface area (Å²) >= 11 is 0. The number of hydrogen-bond donors (Lipinski definition) is 3. The van der Waals surface area contributed by atoms with Gasteiger partial charge in [-0.2, -0.15) is 0 Å². The number of aliphatic hydroxyl groups excluding tert-OH is 3. The fourth-order valence-electron chi connectivity index (χ4n) is 3.50. The van der Waals surface area contributed by atoms with E-state index in [2.05, 4.69) is 19.1 Å². The zero-order valence-corrected chi connectivity index (χ0v) is 17.9. The second-order valence-electron chi connectivity index (χ2n) is 8.08. The lowest BCUT2D eigenvalue weighted by Crippen LogP contribution is -2.54. The average molecular weight is 401 g/mol. The van der Waals surface area contributed by atoms with Crippen LogP contribution >= 0.6 is 0 Å². The quantitative estimate of drug-likeness (QED) is 0.253. The molecule has 0 aliphatic carbocycles. The summed E-state index contributed by atoms with van der Waals surface area (Å²) in [4.78, 5) is 0. The van der Waals surface area contributed by atoms with Crippen LogP contribution in [-0.4, -0.2) is 59.6 Å². The lowest BCUT2D eigenvalue weighted by atomic mass is 10.0. The monoisotopic (exact) mass is 400 g/mol. The molecule has 0 radical (unpaired) electrons. The minimum absolute atomic E-state index is 0.0357. The molecule has 0 spiro atoms. The van der Waals surface area contributed by atoms with E-state index in [1.54, 1.807) is 0 Å². The molecule has 0 bridgehead atoms. The third-order valence-corrected chi connectivity index (χ3v) is 5.44. The highest BCUT2D eigenvalue weighted by Crippen LogP contribution is 2.16. The molecule has 0 aromatic heterocycles. The van der Waals surface area contributed by atoms with Gasteiger partial charge in [0.1, 0.15) is 24.4 Å². The molecule has 1 heterocycles. The molecule has 166 valence electrons. The largest absolute Gasteiger partial charge is 0.388 e. The van der Waals surface area contributed by atoms with Crippen LogP contribution in [-0.2, 0) is 9.47 Å². The molecule has 0 saturated carbocycles. The average Bonchev–Trinajstić information content (AvgIpc) is 2.70. The van der Waals surface area contributed by atoms with Crippen LogP contribution in [0.15, 0.2) is 12.2 Å². The molecular weight excluding hydrogens is 356 g/mol. The summed E-state index contributed by atoms with van der Waals surface area (Å²) in [6, 6.07) is 0. The van der Waals surface area contributed by atoms with Crippen molar-refractivity contribution in [2.45, 2.75) is 115 Å². The van der Waals surface area contributed by atoms with E-state index in [4.69, 9.17) is 9.47 Å². The van der Waals surface area contributed by atoms with E-state index in [0.717, 1.165) is 12.8 Å². The fraction of sp³-hybridized carbons (Fsp3) is 0.913. The van der Waals surface area contributed by atoms with Crippen LogP contribution in [0.25, 0.3) is 0 Å². The van der Waals surface area contributed by atoms with Gasteiger partial charge < -0.3 is 24.8 Å². The van der Waals surface area contributed by atoms with Gasteiger partial charge in [-0.3, -0.25) is 0 Å². The lowest BCUT2D eigenvalue weighted by molar-refractivity contribution is -0.199. The van der Waals surface area contributed by atoms with Crippen LogP contribution in [0.1, 0.15) is 90.4 Å². The molecule has 4 atom stereocenters. The Labute approximate surface area is 172 Å². The highest BCUT2D eigenvalue weighted by Gasteiger charge is 2.37. The minimum Gasteiger partial charge on any atom is -0.388 e. The van der Waals surface area contributed by atoms with Gasteiger partial charge in [0.15, 0.2) is 0 Å². The topological polar surface area (TPSA) is 79.2 Å². The molecule has 0 amide bonds. The summed E-state index contributed by atoms with van der Waals surface area (Å²) in [5.41, 5.74) is 0. The lowest BCUT2D eigenvalue weighted by Gasteiger charge is -2.35. The highest BCUT2D eigenvalue weighted by molar-refractivity contribution is 4.86. The Kier molecular flexibility index (Phi) is 15.9. The predicted molar refractivity (Wildman–Crippen MR) is 113 cm³/mol. The van der Waals surface area contributed by atoms with Crippen molar-refractivity contribution in [3.05, 3.63) is 12.2 Å². The molecule has 5 nitrogen and oxygen atoms in total. The number of ether oxygens (including phenoxy) is 2. The highest BCUT2D eigenvalue weighted by atomic mass is 16.6. The van der Waals surface area contributed by atoms with Crippen LogP contribution in [0.2, 0.25) is 0 Å². The Hall–Kier alpha value is -0.460. The van der Waals surface area contributed by atoms with Crippen molar-refractivity contribution in [1.82, 2.24) is 0 Å². The van der Waals surface area contributed by atoms with Gasteiger partial charge in [-0.05, 0) is 25.7 Å². The van der Waals surface area contributed by atoms with Gasteiger partial charge in [0, 0.05) is 6.61 Å². The molecule has 1 rings (SSSR count). The molecule has 28 heavy (non-hydrogen) atoms. The molecule has 0 aromatic carbocycles. The number of hydrogen-bond acceptors (Lipinski definition) is 5. The Bertz CT molecular complexity index is 374. The first-order chi connectivity index (χ1) is 13.7. The summed E-state index contributed by atoms with van der Waals surface area (Å²) in [5, 5.41) is 28.8. The third kappa shape index (κ3) is 12.2. The zero-order valence-electron chi connectivity index (χ0n) is 17.9. The SMILES string of the molecule is CCCCCCCCCCCC/C=C/CCCOC[C@@H]1OC[C@@H](O)[C@H](O)[C@H]1O. The smallest absolute Gasteiger partial charge is 0.111 e. The number of allylic oxidation sites excluding steroid dienone is 2. The van der Waals surface area contributed by atoms with Gasteiger partial charge in [-0.1, -0.05) is 76.9 Å². The summed E-state index contributed by atoms with van der Waals surface area (Å²) < 4.78 is 10.8. The summed E-state index contributed by atoms with van der Waals surface area (Å²) in [6.45, 7) is 3.15. The van der Waals surface area contributed by atoms with E-state index in [9.17, 15) is 15.3 Å². The summed E-state index contributed by atoms with van der Waals surface area (Å²) in [7, 11) is 0. The summed E-state index contributed by atoms with van der Waals surface area (Å²) in [5.74, 6) is 0. The molecule has 3 N–H and O–H groups in total. The Morgan fingerprint density at radius 1 is 0.786 bits per heavy atom. The number of unbranched alkanes of at least 4 members (excludes halogenated alkanes) is 11. The first-order valence-electron chi connectivity index (χ1n) is 11.5. The Balaban J connectivity index is 1.82. The molecule has 1 aliphatic rings. The molecule has 5 heteroatoms. The normalized spacial score (nSPS) is 25.6. The fourth-order valence-corrected chi connectivity index (χ4v) is 3.50.